The number of fused-ring (bicyclic) bond motifs is 1. The van der Waals surface area contributed by atoms with Crippen molar-refractivity contribution >= 4 is 22.4 Å². The summed E-state index contributed by atoms with van der Waals surface area (Å²) in [4.78, 5) is 16.5. The standard InChI is InChI=1S/C15H18N2O2/c1-9(15(18)19)11-6-5-7-13-14(11)12(8-17(3)4)10(2)16-13/h5-7,16H,1,8H2,2-4H3,(H,18,19). The Labute approximate surface area is 112 Å². The number of carboxylic acids is 1. The Morgan fingerprint density at radius 2 is 2.11 bits per heavy atom. The summed E-state index contributed by atoms with van der Waals surface area (Å²) in [5.74, 6) is -0.984. The molecule has 1 heterocycles. The molecular formula is C15H18N2O2. The first-order valence-electron chi connectivity index (χ1n) is 6.09. The van der Waals surface area contributed by atoms with E-state index in [-0.39, 0.29) is 5.57 Å². The molecule has 1 aromatic carbocycles. The molecule has 0 aliphatic heterocycles. The van der Waals surface area contributed by atoms with Crippen molar-refractivity contribution in [3.8, 4) is 0 Å². The minimum absolute atomic E-state index is 0.129. The summed E-state index contributed by atoms with van der Waals surface area (Å²) in [7, 11) is 3.99. The van der Waals surface area contributed by atoms with Gasteiger partial charge in [0, 0.05) is 23.1 Å². The van der Waals surface area contributed by atoms with Crippen LogP contribution in [-0.2, 0) is 11.3 Å². The maximum Gasteiger partial charge on any atom is 0.335 e. The zero-order valence-electron chi connectivity index (χ0n) is 11.4. The van der Waals surface area contributed by atoms with Crippen molar-refractivity contribution < 1.29 is 9.90 Å². The number of carboxylic acid groups (broad SMARTS) is 1. The third-order valence-electron chi connectivity index (χ3n) is 3.20. The summed E-state index contributed by atoms with van der Waals surface area (Å²) in [6.07, 6.45) is 0. The largest absolute Gasteiger partial charge is 0.478 e. The fraction of sp³-hybridized carbons (Fsp3) is 0.267. The molecule has 0 saturated carbocycles. The van der Waals surface area contributed by atoms with Crippen LogP contribution < -0.4 is 0 Å². The average Bonchev–Trinajstić information content (AvgIpc) is 2.64. The number of nitrogens with one attached hydrogen (secondary N) is 1. The number of aliphatic carboxylic acids is 1. The lowest BCUT2D eigenvalue weighted by Crippen LogP contribution is -2.11. The topological polar surface area (TPSA) is 56.3 Å². The van der Waals surface area contributed by atoms with Gasteiger partial charge in [0.25, 0.3) is 0 Å². The predicted octanol–water partition coefficient (Wildman–Crippen LogP) is 2.64. The van der Waals surface area contributed by atoms with Gasteiger partial charge in [-0.2, -0.15) is 0 Å². The molecule has 2 N–H and O–H groups in total. The molecule has 0 radical (unpaired) electrons. The fourth-order valence-corrected chi connectivity index (χ4v) is 2.33. The molecule has 100 valence electrons. The number of carbonyl (C=O) groups is 1. The lowest BCUT2D eigenvalue weighted by molar-refractivity contribution is -0.130. The third-order valence-corrected chi connectivity index (χ3v) is 3.20. The molecule has 0 saturated heterocycles. The Balaban J connectivity index is 2.71. The van der Waals surface area contributed by atoms with Gasteiger partial charge in [0.05, 0.1) is 5.57 Å². The van der Waals surface area contributed by atoms with Crippen LogP contribution in [0.1, 0.15) is 16.8 Å². The highest BCUT2D eigenvalue weighted by atomic mass is 16.4. The van der Waals surface area contributed by atoms with Crippen molar-refractivity contribution in [2.24, 2.45) is 0 Å². The van der Waals surface area contributed by atoms with Crippen LogP contribution in [0, 0.1) is 6.92 Å². The van der Waals surface area contributed by atoms with E-state index in [1.807, 2.05) is 39.2 Å². The molecule has 0 aliphatic carbocycles. The number of hydrogen-bond acceptors (Lipinski definition) is 2. The van der Waals surface area contributed by atoms with Gasteiger partial charge in [-0.05, 0) is 38.2 Å². The summed E-state index contributed by atoms with van der Waals surface area (Å²) < 4.78 is 0. The highest BCUT2D eigenvalue weighted by Gasteiger charge is 2.17. The maximum atomic E-state index is 11.2. The Kier molecular flexibility index (Phi) is 3.44. The van der Waals surface area contributed by atoms with Crippen LogP contribution in [0.15, 0.2) is 24.8 Å². The SMILES string of the molecule is C=C(C(=O)O)c1cccc2[nH]c(C)c(CN(C)C)c12. The van der Waals surface area contributed by atoms with Crippen molar-refractivity contribution in [3.05, 3.63) is 41.6 Å². The van der Waals surface area contributed by atoms with Crippen molar-refractivity contribution in [2.75, 3.05) is 14.1 Å². The average molecular weight is 258 g/mol. The van der Waals surface area contributed by atoms with E-state index in [4.69, 9.17) is 5.11 Å². The molecule has 2 aromatic rings. The van der Waals surface area contributed by atoms with Crippen molar-refractivity contribution in [3.63, 3.8) is 0 Å². The van der Waals surface area contributed by atoms with Crippen LogP contribution in [0.3, 0.4) is 0 Å². The van der Waals surface area contributed by atoms with E-state index >= 15 is 0 Å². The molecule has 4 nitrogen and oxygen atoms in total. The number of nitrogens with zero attached hydrogens (tertiary/aromatic N) is 1. The van der Waals surface area contributed by atoms with E-state index in [0.717, 1.165) is 28.7 Å². The molecular weight excluding hydrogens is 240 g/mol. The van der Waals surface area contributed by atoms with E-state index in [9.17, 15) is 4.79 Å². The number of hydrogen-bond donors (Lipinski definition) is 2. The fourth-order valence-electron chi connectivity index (χ4n) is 2.33. The number of H-pyrrole nitrogens is 1. The van der Waals surface area contributed by atoms with Gasteiger partial charge in [-0.3, -0.25) is 0 Å². The quantitative estimate of drug-likeness (QED) is 0.829. The van der Waals surface area contributed by atoms with Gasteiger partial charge in [-0.15, -0.1) is 0 Å². The summed E-state index contributed by atoms with van der Waals surface area (Å²) >= 11 is 0. The monoisotopic (exact) mass is 258 g/mol. The maximum absolute atomic E-state index is 11.2. The minimum atomic E-state index is -0.984. The Bertz CT molecular complexity index is 653. The summed E-state index contributed by atoms with van der Waals surface area (Å²) in [6, 6.07) is 5.62. The first kappa shape index (κ1) is 13.4. The molecule has 0 fully saturated rings. The number of benzene rings is 1. The first-order valence-corrected chi connectivity index (χ1v) is 6.09. The summed E-state index contributed by atoms with van der Waals surface area (Å²) in [6.45, 7) is 6.44. The van der Waals surface area contributed by atoms with Crippen molar-refractivity contribution in [1.82, 2.24) is 9.88 Å². The molecule has 0 atom stereocenters. The van der Waals surface area contributed by atoms with Gasteiger partial charge in [-0.1, -0.05) is 18.7 Å². The van der Waals surface area contributed by atoms with E-state index in [2.05, 4.69) is 16.5 Å². The molecule has 19 heavy (non-hydrogen) atoms. The van der Waals surface area contributed by atoms with E-state index in [0.29, 0.717) is 5.56 Å². The Morgan fingerprint density at radius 1 is 1.42 bits per heavy atom. The Hall–Kier alpha value is -2.07. The molecule has 4 heteroatoms. The highest BCUT2D eigenvalue weighted by Crippen LogP contribution is 2.30. The normalized spacial score (nSPS) is 11.2. The third kappa shape index (κ3) is 2.39. The van der Waals surface area contributed by atoms with Crippen molar-refractivity contribution in [2.45, 2.75) is 13.5 Å². The van der Waals surface area contributed by atoms with Crippen LogP contribution in [-0.4, -0.2) is 35.1 Å². The van der Waals surface area contributed by atoms with E-state index < -0.39 is 5.97 Å². The molecule has 0 aliphatic rings. The Morgan fingerprint density at radius 3 is 2.68 bits per heavy atom. The molecule has 0 spiro atoms. The molecule has 2 rings (SSSR count). The van der Waals surface area contributed by atoms with Crippen LogP contribution in [0.4, 0.5) is 0 Å². The number of aryl methyl sites for hydroxylation is 1. The molecule has 1 aromatic heterocycles. The number of rotatable bonds is 4. The second-order valence-electron chi connectivity index (χ2n) is 4.98. The first-order chi connectivity index (χ1) is 8.91. The minimum Gasteiger partial charge on any atom is -0.478 e. The van der Waals surface area contributed by atoms with Gasteiger partial charge in [0.1, 0.15) is 0 Å². The van der Waals surface area contributed by atoms with Crippen LogP contribution in [0.2, 0.25) is 0 Å². The van der Waals surface area contributed by atoms with Crippen LogP contribution in [0.5, 0.6) is 0 Å². The van der Waals surface area contributed by atoms with Crippen molar-refractivity contribution in [1.29, 1.82) is 0 Å². The second-order valence-corrected chi connectivity index (χ2v) is 4.98. The second kappa shape index (κ2) is 4.90. The van der Waals surface area contributed by atoms with Gasteiger partial charge < -0.3 is 15.0 Å². The summed E-state index contributed by atoms with van der Waals surface area (Å²) in [5, 5.41) is 10.1. The van der Waals surface area contributed by atoms with Gasteiger partial charge in [-0.25, -0.2) is 4.79 Å². The molecule has 0 unspecified atom stereocenters. The van der Waals surface area contributed by atoms with E-state index in [1.54, 1.807) is 0 Å². The molecule has 0 bridgehead atoms. The van der Waals surface area contributed by atoms with Gasteiger partial charge >= 0.3 is 5.97 Å². The smallest absolute Gasteiger partial charge is 0.335 e. The van der Waals surface area contributed by atoms with Gasteiger partial charge in [0.2, 0.25) is 0 Å². The number of aromatic amines is 1. The van der Waals surface area contributed by atoms with Gasteiger partial charge in [0.15, 0.2) is 0 Å². The lowest BCUT2D eigenvalue weighted by atomic mass is 9.99. The summed E-state index contributed by atoms with van der Waals surface area (Å²) in [5.41, 5.74) is 3.96. The predicted molar refractivity (Wildman–Crippen MR) is 77.1 cm³/mol. The van der Waals surface area contributed by atoms with E-state index in [1.165, 1.54) is 0 Å². The highest BCUT2D eigenvalue weighted by molar-refractivity contribution is 6.18. The van der Waals surface area contributed by atoms with Crippen LogP contribution in [0.25, 0.3) is 16.5 Å². The number of aromatic nitrogens is 1. The zero-order chi connectivity index (χ0) is 14.2. The lowest BCUT2D eigenvalue weighted by Gasteiger charge is -2.11. The molecule has 0 amide bonds. The zero-order valence-corrected chi connectivity index (χ0v) is 11.4. The van der Waals surface area contributed by atoms with Crippen LogP contribution >= 0.6 is 0 Å².